The highest BCUT2D eigenvalue weighted by Crippen LogP contribution is 2.40. The van der Waals surface area contributed by atoms with E-state index in [-0.39, 0.29) is 5.97 Å². The third-order valence-corrected chi connectivity index (χ3v) is 4.44. The average molecular weight is 346 g/mol. The van der Waals surface area contributed by atoms with E-state index >= 15 is 0 Å². The second kappa shape index (κ2) is 7.89. The zero-order valence-electron chi connectivity index (χ0n) is 13.0. The Kier molecular flexibility index (Phi) is 5.90. The minimum Gasteiger partial charge on any atom is -0.465 e. The van der Waals surface area contributed by atoms with Crippen LogP contribution in [0.15, 0.2) is 43.0 Å². The minimum atomic E-state index is -0.387. The quantitative estimate of drug-likeness (QED) is 0.487. The van der Waals surface area contributed by atoms with Crippen molar-refractivity contribution in [1.29, 1.82) is 0 Å². The van der Waals surface area contributed by atoms with Crippen LogP contribution >= 0.6 is 23.6 Å². The maximum absolute atomic E-state index is 12.3. The Morgan fingerprint density at radius 1 is 1.39 bits per heavy atom. The zero-order valence-corrected chi connectivity index (χ0v) is 14.6. The maximum Gasteiger partial charge on any atom is 0.341 e. The number of hydrogen-bond acceptors (Lipinski definition) is 4. The van der Waals surface area contributed by atoms with Crippen LogP contribution in [0.1, 0.15) is 15.2 Å². The molecule has 2 aromatic rings. The lowest BCUT2D eigenvalue weighted by Gasteiger charge is -2.10. The SMILES string of the molecule is C=CCNC(=S)Nc1sc(C)c(-c2ccccc2)c1C(=O)OC. The molecule has 0 bridgehead atoms. The van der Waals surface area contributed by atoms with Gasteiger partial charge in [-0.05, 0) is 24.7 Å². The lowest BCUT2D eigenvalue weighted by Crippen LogP contribution is -2.28. The molecule has 1 heterocycles. The van der Waals surface area contributed by atoms with Gasteiger partial charge in [-0.3, -0.25) is 0 Å². The van der Waals surface area contributed by atoms with E-state index in [4.69, 9.17) is 17.0 Å². The molecular formula is C17H18N2O2S2. The first kappa shape index (κ1) is 17.2. The van der Waals surface area contributed by atoms with Crippen LogP contribution in [-0.4, -0.2) is 24.7 Å². The van der Waals surface area contributed by atoms with Crippen molar-refractivity contribution in [2.45, 2.75) is 6.92 Å². The van der Waals surface area contributed by atoms with Gasteiger partial charge in [-0.1, -0.05) is 36.4 Å². The Morgan fingerprint density at radius 3 is 2.70 bits per heavy atom. The standard InChI is InChI=1S/C17H18N2O2S2/c1-4-10-18-17(22)19-15-14(16(20)21-3)13(11(2)23-15)12-8-6-5-7-9-12/h4-9H,1,10H2,2-3H3,(H2,18,19,22). The number of methoxy groups -OCH3 is 1. The molecule has 4 nitrogen and oxygen atoms in total. The molecule has 0 fully saturated rings. The van der Waals surface area contributed by atoms with E-state index in [1.807, 2.05) is 37.3 Å². The fraction of sp³-hybridized carbons (Fsp3) is 0.176. The van der Waals surface area contributed by atoms with Gasteiger partial charge < -0.3 is 15.4 Å². The fourth-order valence-corrected chi connectivity index (χ4v) is 3.51. The van der Waals surface area contributed by atoms with Gasteiger partial charge in [0.05, 0.1) is 7.11 Å². The number of carbonyl (C=O) groups excluding carboxylic acids is 1. The summed E-state index contributed by atoms with van der Waals surface area (Å²) in [6, 6.07) is 9.77. The lowest BCUT2D eigenvalue weighted by atomic mass is 10.0. The summed E-state index contributed by atoms with van der Waals surface area (Å²) in [6.07, 6.45) is 1.71. The Hall–Kier alpha value is -2.18. The number of benzene rings is 1. The van der Waals surface area contributed by atoms with E-state index in [2.05, 4.69) is 17.2 Å². The molecule has 1 aromatic heterocycles. The molecule has 2 rings (SSSR count). The molecule has 0 spiro atoms. The largest absolute Gasteiger partial charge is 0.465 e. The summed E-state index contributed by atoms with van der Waals surface area (Å²) in [4.78, 5) is 13.3. The molecule has 0 saturated carbocycles. The molecule has 0 aliphatic rings. The number of carbonyl (C=O) groups is 1. The number of ether oxygens (including phenoxy) is 1. The van der Waals surface area contributed by atoms with Gasteiger partial charge in [0.1, 0.15) is 10.6 Å². The molecule has 0 aliphatic carbocycles. The van der Waals surface area contributed by atoms with Crippen LogP contribution in [0.3, 0.4) is 0 Å². The highest BCUT2D eigenvalue weighted by Gasteiger charge is 2.24. The van der Waals surface area contributed by atoms with E-state index in [1.165, 1.54) is 18.4 Å². The monoisotopic (exact) mass is 346 g/mol. The molecule has 0 unspecified atom stereocenters. The molecule has 0 atom stereocenters. The second-order valence-electron chi connectivity index (χ2n) is 4.72. The van der Waals surface area contributed by atoms with Gasteiger partial charge in [0.2, 0.25) is 0 Å². The van der Waals surface area contributed by atoms with Crippen LogP contribution in [0, 0.1) is 6.92 Å². The number of rotatable bonds is 5. The normalized spacial score (nSPS) is 10.0. The molecular weight excluding hydrogens is 328 g/mol. The summed E-state index contributed by atoms with van der Waals surface area (Å²) in [5, 5.41) is 7.19. The Morgan fingerprint density at radius 2 is 2.09 bits per heavy atom. The number of aryl methyl sites for hydroxylation is 1. The van der Waals surface area contributed by atoms with Crippen molar-refractivity contribution >= 4 is 39.6 Å². The van der Waals surface area contributed by atoms with Crippen molar-refractivity contribution in [1.82, 2.24) is 5.32 Å². The highest BCUT2D eigenvalue weighted by atomic mass is 32.1. The second-order valence-corrected chi connectivity index (χ2v) is 6.35. The van der Waals surface area contributed by atoms with Gasteiger partial charge >= 0.3 is 5.97 Å². The van der Waals surface area contributed by atoms with Gasteiger partial charge in [0.15, 0.2) is 5.11 Å². The van der Waals surface area contributed by atoms with E-state index in [9.17, 15) is 4.79 Å². The van der Waals surface area contributed by atoms with E-state index in [0.717, 1.165) is 16.0 Å². The van der Waals surface area contributed by atoms with Crippen molar-refractivity contribution in [3.05, 3.63) is 53.4 Å². The van der Waals surface area contributed by atoms with Gasteiger partial charge in [-0.2, -0.15) is 0 Å². The van der Waals surface area contributed by atoms with Gasteiger partial charge in [0, 0.05) is 17.0 Å². The first-order valence-corrected chi connectivity index (χ1v) is 8.23. The predicted molar refractivity (Wildman–Crippen MR) is 100 cm³/mol. The Bertz CT molecular complexity index is 724. The number of hydrogen-bond donors (Lipinski definition) is 2. The maximum atomic E-state index is 12.3. The van der Waals surface area contributed by atoms with Crippen molar-refractivity contribution in [3.8, 4) is 11.1 Å². The first-order valence-electron chi connectivity index (χ1n) is 7.01. The molecule has 1 aromatic carbocycles. The smallest absolute Gasteiger partial charge is 0.341 e. The number of esters is 1. The van der Waals surface area contributed by atoms with E-state index in [0.29, 0.717) is 22.2 Å². The molecule has 0 saturated heterocycles. The van der Waals surface area contributed by atoms with Crippen molar-refractivity contribution in [3.63, 3.8) is 0 Å². The number of anilines is 1. The molecule has 23 heavy (non-hydrogen) atoms. The molecule has 0 aliphatic heterocycles. The molecule has 120 valence electrons. The number of thiophene rings is 1. The summed E-state index contributed by atoms with van der Waals surface area (Å²) in [6.45, 7) is 6.16. The first-order chi connectivity index (χ1) is 11.1. The Labute approximate surface area is 145 Å². The van der Waals surface area contributed by atoms with E-state index < -0.39 is 0 Å². The topological polar surface area (TPSA) is 50.4 Å². The van der Waals surface area contributed by atoms with Crippen molar-refractivity contribution in [2.24, 2.45) is 0 Å². The minimum absolute atomic E-state index is 0.387. The fourth-order valence-electron chi connectivity index (χ4n) is 2.19. The van der Waals surface area contributed by atoms with Gasteiger partial charge in [0.25, 0.3) is 0 Å². The van der Waals surface area contributed by atoms with Crippen LogP contribution in [0.25, 0.3) is 11.1 Å². The van der Waals surface area contributed by atoms with Crippen LogP contribution in [0.5, 0.6) is 0 Å². The predicted octanol–water partition coefficient (Wildman–Crippen LogP) is 3.98. The zero-order chi connectivity index (χ0) is 16.8. The average Bonchev–Trinajstić information content (AvgIpc) is 2.88. The molecule has 0 radical (unpaired) electrons. The van der Waals surface area contributed by atoms with Crippen LogP contribution in [0.2, 0.25) is 0 Å². The van der Waals surface area contributed by atoms with Crippen LogP contribution in [0.4, 0.5) is 5.00 Å². The molecule has 6 heteroatoms. The third-order valence-electron chi connectivity index (χ3n) is 3.17. The summed E-state index contributed by atoms with van der Waals surface area (Å²) < 4.78 is 4.96. The number of nitrogens with one attached hydrogen (secondary N) is 2. The summed E-state index contributed by atoms with van der Waals surface area (Å²) >= 11 is 6.71. The summed E-state index contributed by atoms with van der Waals surface area (Å²) in [5.74, 6) is -0.387. The highest BCUT2D eigenvalue weighted by molar-refractivity contribution is 7.80. The van der Waals surface area contributed by atoms with Crippen molar-refractivity contribution < 1.29 is 9.53 Å². The summed E-state index contributed by atoms with van der Waals surface area (Å²) in [7, 11) is 1.38. The molecule has 0 amide bonds. The van der Waals surface area contributed by atoms with Crippen LogP contribution in [-0.2, 0) is 4.74 Å². The number of thiocarbonyl (C=S) groups is 1. The van der Waals surface area contributed by atoms with Gasteiger partial charge in [-0.25, -0.2) is 4.79 Å². The molecule has 2 N–H and O–H groups in total. The van der Waals surface area contributed by atoms with E-state index in [1.54, 1.807) is 6.08 Å². The van der Waals surface area contributed by atoms with Gasteiger partial charge in [-0.15, -0.1) is 17.9 Å². The lowest BCUT2D eigenvalue weighted by molar-refractivity contribution is 0.0603. The van der Waals surface area contributed by atoms with Crippen LogP contribution < -0.4 is 10.6 Å². The Balaban J connectivity index is 2.46. The summed E-state index contributed by atoms with van der Waals surface area (Å²) in [5.41, 5.74) is 2.35. The van der Waals surface area contributed by atoms with Crippen molar-refractivity contribution in [2.75, 3.05) is 19.0 Å². The third kappa shape index (κ3) is 3.97.